The Balaban J connectivity index is 1.81. The summed E-state index contributed by atoms with van der Waals surface area (Å²) in [5.41, 5.74) is 5.57. The zero-order valence-corrected chi connectivity index (χ0v) is 7.54. The molecular formula is C9H18N2O. The molecule has 2 N–H and O–H groups in total. The van der Waals surface area contributed by atoms with E-state index in [1.807, 2.05) is 0 Å². The highest BCUT2D eigenvalue weighted by atomic mass is 16.5. The van der Waals surface area contributed by atoms with E-state index in [4.69, 9.17) is 10.5 Å². The van der Waals surface area contributed by atoms with Gasteiger partial charge in [0.05, 0.1) is 12.7 Å². The van der Waals surface area contributed by atoms with Crippen LogP contribution in [-0.4, -0.2) is 43.3 Å². The van der Waals surface area contributed by atoms with Crippen LogP contribution in [0.15, 0.2) is 0 Å². The molecule has 0 spiro atoms. The Morgan fingerprint density at radius 1 is 1.42 bits per heavy atom. The number of ether oxygens (including phenoxy) is 1. The molecule has 1 atom stereocenters. The standard InChI is InChI=1S/C9H18N2O/c10-6-9-7-11(4-5-12-9)8-2-1-3-8/h8-9H,1-7,10H2. The summed E-state index contributed by atoms with van der Waals surface area (Å²) in [5, 5.41) is 0. The van der Waals surface area contributed by atoms with Crippen LogP contribution in [0.3, 0.4) is 0 Å². The fraction of sp³-hybridized carbons (Fsp3) is 1.00. The smallest absolute Gasteiger partial charge is 0.0824 e. The fourth-order valence-corrected chi connectivity index (χ4v) is 1.97. The topological polar surface area (TPSA) is 38.5 Å². The zero-order valence-electron chi connectivity index (χ0n) is 7.54. The molecule has 0 bridgehead atoms. The summed E-state index contributed by atoms with van der Waals surface area (Å²) in [7, 11) is 0. The maximum absolute atomic E-state index is 5.57. The minimum atomic E-state index is 0.291. The Kier molecular flexibility index (Phi) is 2.63. The average molecular weight is 170 g/mol. The quantitative estimate of drug-likeness (QED) is 0.643. The first-order valence-electron chi connectivity index (χ1n) is 4.96. The van der Waals surface area contributed by atoms with E-state index < -0.39 is 0 Å². The van der Waals surface area contributed by atoms with Crippen molar-refractivity contribution < 1.29 is 4.74 Å². The predicted molar refractivity (Wildman–Crippen MR) is 48.0 cm³/mol. The monoisotopic (exact) mass is 170 g/mol. The minimum absolute atomic E-state index is 0.291. The van der Waals surface area contributed by atoms with Crippen molar-refractivity contribution in [3.8, 4) is 0 Å². The van der Waals surface area contributed by atoms with Crippen LogP contribution in [0.5, 0.6) is 0 Å². The maximum Gasteiger partial charge on any atom is 0.0824 e. The van der Waals surface area contributed by atoms with Gasteiger partial charge in [-0.1, -0.05) is 6.42 Å². The van der Waals surface area contributed by atoms with Crippen molar-refractivity contribution in [2.45, 2.75) is 31.4 Å². The van der Waals surface area contributed by atoms with Gasteiger partial charge in [0.1, 0.15) is 0 Å². The summed E-state index contributed by atoms with van der Waals surface area (Å²) < 4.78 is 5.51. The second-order valence-electron chi connectivity index (χ2n) is 3.81. The Morgan fingerprint density at radius 2 is 2.25 bits per heavy atom. The lowest BCUT2D eigenvalue weighted by Crippen LogP contribution is -2.51. The highest BCUT2D eigenvalue weighted by Gasteiger charge is 2.29. The molecule has 0 aromatic carbocycles. The number of nitrogens with zero attached hydrogens (tertiary/aromatic N) is 1. The van der Waals surface area contributed by atoms with Crippen molar-refractivity contribution in [1.82, 2.24) is 4.90 Å². The summed E-state index contributed by atoms with van der Waals surface area (Å²) >= 11 is 0. The molecule has 3 heteroatoms. The summed E-state index contributed by atoms with van der Waals surface area (Å²) in [6, 6.07) is 0.850. The number of rotatable bonds is 2. The lowest BCUT2D eigenvalue weighted by Gasteiger charge is -2.42. The van der Waals surface area contributed by atoms with E-state index in [9.17, 15) is 0 Å². The van der Waals surface area contributed by atoms with Crippen LogP contribution in [-0.2, 0) is 4.74 Å². The fourth-order valence-electron chi connectivity index (χ4n) is 1.97. The minimum Gasteiger partial charge on any atom is -0.374 e. The van der Waals surface area contributed by atoms with Crippen molar-refractivity contribution >= 4 is 0 Å². The van der Waals surface area contributed by atoms with E-state index in [2.05, 4.69) is 4.90 Å². The molecule has 2 fully saturated rings. The van der Waals surface area contributed by atoms with Crippen molar-refractivity contribution in [2.24, 2.45) is 5.73 Å². The Hall–Kier alpha value is -0.120. The van der Waals surface area contributed by atoms with Crippen LogP contribution in [0.25, 0.3) is 0 Å². The SMILES string of the molecule is NCC1CN(C2CCC2)CCO1. The molecule has 0 aromatic heterocycles. The van der Waals surface area contributed by atoms with Gasteiger partial charge >= 0.3 is 0 Å². The largest absolute Gasteiger partial charge is 0.374 e. The number of hydrogen-bond acceptors (Lipinski definition) is 3. The lowest BCUT2D eigenvalue weighted by molar-refractivity contribution is -0.0503. The summed E-state index contributed by atoms with van der Waals surface area (Å²) in [6.45, 7) is 3.71. The molecule has 1 heterocycles. The van der Waals surface area contributed by atoms with Crippen LogP contribution >= 0.6 is 0 Å². The van der Waals surface area contributed by atoms with Gasteiger partial charge in [0, 0.05) is 25.7 Å². The van der Waals surface area contributed by atoms with E-state index in [0.717, 1.165) is 25.7 Å². The first-order valence-corrected chi connectivity index (χ1v) is 4.96. The molecule has 1 unspecified atom stereocenters. The van der Waals surface area contributed by atoms with Gasteiger partial charge < -0.3 is 10.5 Å². The van der Waals surface area contributed by atoms with Crippen molar-refractivity contribution in [3.63, 3.8) is 0 Å². The van der Waals surface area contributed by atoms with Gasteiger partial charge in [-0.05, 0) is 12.8 Å². The summed E-state index contributed by atoms with van der Waals surface area (Å²) in [4.78, 5) is 2.55. The molecule has 1 saturated heterocycles. The van der Waals surface area contributed by atoms with Gasteiger partial charge in [0.25, 0.3) is 0 Å². The van der Waals surface area contributed by atoms with Gasteiger partial charge in [-0.25, -0.2) is 0 Å². The molecule has 1 aliphatic heterocycles. The highest BCUT2D eigenvalue weighted by Crippen LogP contribution is 2.25. The molecule has 3 nitrogen and oxygen atoms in total. The third-order valence-electron chi connectivity index (χ3n) is 3.02. The summed E-state index contributed by atoms with van der Waals surface area (Å²) in [5.74, 6) is 0. The molecular weight excluding hydrogens is 152 g/mol. The van der Waals surface area contributed by atoms with E-state index in [0.29, 0.717) is 12.6 Å². The van der Waals surface area contributed by atoms with Gasteiger partial charge in [0.2, 0.25) is 0 Å². The van der Waals surface area contributed by atoms with E-state index in [1.54, 1.807) is 0 Å². The second-order valence-corrected chi connectivity index (χ2v) is 3.81. The lowest BCUT2D eigenvalue weighted by atomic mass is 9.91. The average Bonchev–Trinajstić information content (AvgIpc) is 2.02. The Labute approximate surface area is 73.9 Å². The van der Waals surface area contributed by atoms with Crippen molar-refractivity contribution in [3.05, 3.63) is 0 Å². The van der Waals surface area contributed by atoms with Crippen LogP contribution in [0.4, 0.5) is 0 Å². The zero-order chi connectivity index (χ0) is 8.39. The maximum atomic E-state index is 5.57. The molecule has 0 radical (unpaired) electrons. The first-order chi connectivity index (χ1) is 5.90. The van der Waals surface area contributed by atoms with Crippen molar-refractivity contribution in [1.29, 1.82) is 0 Å². The van der Waals surface area contributed by atoms with Gasteiger partial charge in [-0.2, -0.15) is 0 Å². The number of nitrogens with two attached hydrogens (primary N) is 1. The van der Waals surface area contributed by atoms with E-state index in [-0.39, 0.29) is 0 Å². The van der Waals surface area contributed by atoms with Gasteiger partial charge in [-0.3, -0.25) is 4.90 Å². The normalized spacial score (nSPS) is 33.2. The van der Waals surface area contributed by atoms with Crippen LogP contribution < -0.4 is 5.73 Å². The molecule has 70 valence electrons. The third-order valence-corrected chi connectivity index (χ3v) is 3.02. The Bertz CT molecular complexity index is 147. The molecule has 12 heavy (non-hydrogen) atoms. The second kappa shape index (κ2) is 3.73. The van der Waals surface area contributed by atoms with E-state index >= 15 is 0 Å². The van der Waals surface area contributed by atoms with Crippen LogP contribution in [0.2, 0.25) is 0 Å². The molecule has 2 aliphatic rings. The van der Waals surface area contributed by atoms with Crippen LogP contribution in [0.1, 0.15) is 19.3 Å². The number of hydrogen-bond donors (Lipinski definition) is 1. The Morgan fingerprint density at radius 3 is 2.83 bits per heavy atom. The molecule has 0 amide bonds. The highest BCUT2D eigenvalue weighted by molar-refractivity contribution is 4.83. The molecule has 1 aliphatic carbocycles. The van der Waals surface area contributed by atoms with Crippen LogP contribution in [0, 0.1) is 0 Å². The summed E-state index contributed by atoms with van der Waals surface area (Å²) in [6.07, 6.45) is 4.48. The molecule has 2 rings (SSSR count). The van der Waals surface area contributed by atoms with Gasteiger partial charge in [0.15, 0.2) is 0 Å². The predicted octanol–water partition coefficient (Wildman–Crippen LogP) is 0.198. The molecule has 0 aromatic rings. The number of morpholine rings is 1. The van der Waals surface area contributed by atoms with E-state index in [1.165, 1.54) is 19.3 Å². The molecule has 1 saturated carbocycles. The van der Waals surface area contributed by atoms with Crippen molar-refractivity contribution in [2.75, 3.05) is 26.2 Å². The first kappa shape index (κ1) is 8.48. The third kappa shape index (κ3) is 1.63. The van der Waals surface area contributed by atoms with Gasteiger partial charge in [-0.15, -0.1) is 0 Å².